The lowest BCUT2D eigenvalue weighted by molar-refractivity contribution is -0.126. The molecule has 1 amide bonds. The topological polar surface area (TPSA) is 84.5 Å². The molecular weight excluding hydrogens is 328 g/mol. The van der Waals surface area contributed by atoms with Gasteiger partial charge >= 0.3 is 0 Å². The molecule has 0 spiro atoms. The van der Waals surface area contributed by atoms with Crippen LogP contribution in [0.3, 0.4) is 0 Å². The summed E-state index contributed by atoms with van der Waals surface area (Å²) in [7, 11) is -2.09. The van der Waals surface area contributed by atoms with E-state index in [2.05, 4.69) is 10.0 Å². The molecule has 1 atom stereocenters. The van der Waals surface area contributed by atoms with E-state index in [0.717, 1.165) is 5.56 Å². The highest BCUT2D eigenvalue weighted by Gasteiger charge is 2.15. The van der Waals surface area contributed by atoms with Crippen molar-refractivity contribution in [2.24, 2.45) is 0 Å². The number of benzene rings is 2. The second-order valence-corrected chi connectivity index (χ2v) is 6.92. The van der Waals surface area contributed by atoms with Crippen LogP contribution < -0.4 is 14.8 Å². The van der Waals surface area contributed by atoms with Crippen LogP contribution in [0.1, 0.15) is 12.5 Å². The second kappa shape index (κ2) is 7.94. The molecule has 128 valence electrons. The fraction of sp³-hybridized carbons (Fsp3) is 0.235. The van der Waals surface area contributed by atoms with Crippen LogP contribution in [0.4, 0.5) is 0 Å². The van der Waals surface area contributed by atoms with Crippen molar-refractivity contribution in [3.8, 4) is 5.75 Å². The molecule has 2 aromatic carbocycles. The quantitative estimate of drug-likeness (QED) is 0.797. The van der Waals surface area contributed by atoms with Crippen molar-refractivity contribution in [3.63, 3.8) is 0 Å². The number of likely N-dealkylation sites (N-methyl/N-ethyl adjacent to an activating group) is 1. The molecule has 24 heavy (non-hydrogen) atoms. The highest BCUT2D eigenvalue weighted by atomic mass is 32.2. The summed E-state index contributed by atoms with van der Waals surface area (Å²) in [5.74, 6) is 0.171. The molecule has 0 bridgehead atoms. The van der Waals surface area contributed by atoms with Gasteiger partial charge < -0.3 is 10.1 Å². The van der Waals surface area contributed by atoms with Crippen LogP contribution in [0.25, 0.3) is 0 Å². The lowest BCUT2D eigenvalue weighted by Crippen LogP contribution is -2.33. The Labute approximate surface area is 141 Å². The smallest absolute Gasteiger partial charge is 0.260 e. The summed E-state index contributed by atoms with van der Waals surface area (Å²) in [5.41, 5.74) is 0.875. The Kier molecular flexibility index (Phi) is 5.94. The van der Waals surface area contributed by atoms with Crippen LogP contribution in [-0.2, 0) is 21.4 Å². The average molecular weight is 348 g/mol. The average Bonchev–Trinajstić information content (AvgIpc) is 2.60. The van der Waals surface area contributed by atoms with Crippen molar-refractivity contribution < 1.29 is 17.9 Å². The zero-order valence-corrected chi connectivity index (χ0v) is 14.3. The molecule has 0 fully saturated rings. The van der Waals surface area contributed by atoms with Gasteiger partial charge in [-0.2, -0.15) is 0 Å². The Balaban J connectivity index is 2.02. The fourth-order valence-corrected chi connectivity index (χ4v) is 3.03. The first-order valence-corrected chi connectivity index (χ1v) is 8.92. The first-order valence-electron chi connectivity index (χ1n) is 7.44. The molecule has 0 aliphatic rings. The molecule has 0 saturated carbocycles. The van der Waals surface area contributed by atoms with E-state index in [4.69, 9.17) is 4.74 Å². The summed E-state index contributed by atoms with van der Waals surface area (Å²) in [4.78, 5) is 11.6. The Morgan fingerprint density at radius 2 is 1.71 bits per heavy atom. The van der Waals surface area contributed by atoms with Gasteiger partial charge in [-0.1, -0.05) is 30.3 Å². The molecule has 7 heteroatoms. The minimum atomic E-state index is -3.61. The maximum absolute atomic E-state index is 12.3. The number of sulfonamides is 1. The molecule has 0 unspecified atom stereocenters. The maximum atomic E-state index is 12.3. The third-order valence-corrected chi connectivity index (χ3v) is 4.79. The largest absolute Gasteiger partial charge is 0.481 e. The molecule has 0 aliphatic carbocycles. The van der Waals surface area contributed by atoms with Crippen LogP contribution >= 0.6 is 0 Å². The van der Waals surface area contributed by atoms with Crippen molar-refractivity contribution in [1.29, 1.82) is 0 Å². The zero-order chi connectivity index (χ0) is 17.6. The lowest BCUT2D eigenvalue weighted by atomic mass is 10.2. The van der Waals surface area contributed by atoms with Gasteiger partial charge in [-0.15, -0.1) is 0 Å². The third kappa shape index (κ3) is 4.81. The second-order valence-electron chi connectivity index (χ2n) is 5.16. The van der Waals surface area contributed by atoms with Gasteiger partial charge in [-0.05, 0) is 36.8 Å². The normalized spacial score (nSPS) is 12.4. The van der Waals surface area contributed by atoms with Crippen LogP contribution in [0.2, 0.25) is 0 Å². The molecule has 0 aliphatic heterocycles. The summed E-state index contributed by atoms with van der Waals surface area (Å²) in [6.07, 6.45) is -0.659. The first-order chi connectivity index (χ1) is 11.4. The fourth-order valence-electron chi connectivity index (χ4n) is 2.02. The minimum absolute atomic E-state index is 0.137. The summed E-state index contributed by atoms with van der Waals surface area (Å²) in [6.45, 7) is 1.83. The molecule has 0 saturated heterocycles. The van der Waals surface area contributed by atoms with Crippen molar-refractivity contribution in [3.05, 3.63) is 60.2 Å². The molecule has 2 rings (SSSR count). The van der Waals surface area contributed by atoms with Crippen molar-refractivity contribution in [1.82, 2.24) is 10.0 Å². The van der Waals surface area contributed by atoms with Gasteiger partial charge in [0.15, 0.2) is 6.10 Å². The number of hydrogen-bond acceptors (Lipinski definition) is 4. The van der Waals surface area contributed by atoms with E-state index in [1.54, 1.807) is 6.92 Å². The van der Waals surface area contributed by atoms with Gasteiger partial charge in [0.05, 0.1) is 4.90 Å². The minimum Gasteiger partial charge on any atom is -0.481 e. The zero-order valence-electron chi connectivity index (χ0n) is 13.5. The number of carbonyl (C=O) groups is 1. The molecule has 2 aromatic rings. The number of nitrogens with one attached hydrogen (secondary N) is 2. The molecular formula is C17H20N2O4S. The molecule has 2 N–H and O–H groups in total. The van der Waals surface area contributed by atoms with Gasteiger partial charge in [-0.25, -0.2) is 13.1 Å². The Hall–Kier alpha value is -2.38. The highest BCUT2D eigenvalue weighted by Crippen LogP contribution is 2.17. The van der Waals surface area contributed by atoms with Crippen molar-refractivity contribution in [2.45, 2.75) is 24.5 Å². The van der Waals surface area contributed by atoms with Crippen LogP contribution in [0.5, 0.6) is 5.75 Å². The number of amides is 1. The summed E-state index contributed by atoms with van der Waals surface area (Å²) in [5, 5.41) is 2.48. The van der Waals surface area contributed by atoms with Crippen molar-refractivity contribution in [2.75, 3.05) is 7.05 Å². The maximum Gasteiger partial charge on any atom is 0.260 e. The summed E-state index contributed by atoms with van der Waals surface area (Å²) in [6, 6.07) is 15.2. The van der Waals surface area contributed by atoms with E-state index in [0.29, 0.717) is 5.75 Å². The van der Waals surface area contributed by atoms with Gasteiger partial charge in [0.2, 0.25) is 10.0 Å². The predicted octanol–water partition coefficient (Wildman–Crippen LogP) is 1.68. The van der Waals surface area contributed by atoms with Gasteiger partial charge in [0.1, 0.15) is 5.75 Å². The van der Waals surface area contributed by atoms with E-state index < -0.39 is 16.1 Å². The molecule has 0 radical (unpaired) electrons. The Morgan fingerprint density at radius 1 is 1.08 bits per heavy atom. The number of carbonyl (C=O) groups excluding carboxylic acids is 1. The highest BCUT2D eigenvalue weighted by molar-refractivity contribution is 7.89. The van der Waals surface area contributed by atoms with E-state index >= 15 is 0 Å². The molecule has 0 heterocycles. The number of rotatable bonds is 7. The standard InChI is InChI=1S/C17H20N2O4S/c1-13(17(20)18-2)23-15-8-10-16(11-9-15)24(21,22)19-12-14-6-4-3-5-7-14/h3-11,13,19H,12H2,1-2H3,(H,18,20)/t13-/m0/s1. The van der Waals surface area contributed by atoms with Gasteiger partial charge in [0.25, 0.3) is 5.91 Å². The monoisotopic (exact) mass is 348 g/mol. The van der Waals surface area contributed by atoms with Gasteiger partial charge in [-0.3, -0.25) is 4.79 Å². The lowest BCUT2D eigenvalue weighted by Gasteiger charge is -2.13. The van der Waals surface area contributed by atoms with E-state index in [9.17, 15) is 13.2 Å². The summed E-state index contributed by atoms with van der Waals surface area (Å²) < 4.78 is 32.5. The number of ether oxygens (including phenoxy) is 1. The van der Waals surface area contributed by atoms with Crippen LogP contribution in [0.15, 0.2) is 59.5 Å². The van der Waals surface area contributed by atoms with E-state index in [1.807, 2.05) is 30.3 Å². The molecule has 0 aromatic heterocycles. The number of hydrogen-bond donors (Lipinski definition) is 2. The third-order valence-electron chi connectivity index (χ3n) is 3.37. The summed E-state index contributed by atoms with van der Waals surface area (Å²) >= 11 is 0. The van der Waals surface area contributed by atoms with Crippen LogP contribution in [-0.4, -0.2) is 27.5 Å². The Bertz CT molecular complexity index is 774. The predicted molar refractivity (Wildman–Crippen MR) is 91.1 cm³/mol. The first kappa shape index (κ1) is 18.0. The molecule has 6 nitrogen and oxygen atoms in total. The Morgan fingerprint density at radius 3 is 2.29 bits per heavy atom. The SMILES string of the molecule is CNC(=O)[C@H](C)Oc1ccc(S(=O)(=O)NCc2ccccc2)cc1. The van der Waals surface area contributed by atoms with E-state index in [-0.39, 0.29) is 17.3 Å². The van der Waals surface area contributed by atoms with Crippen LogP contribution in [0, 0.1) is 0 Å². The van der Waals surface area contributed by atoms with E-state index in [1.165, 1.54) is 31.3 Å². The van der Waals surface area contributed by atoms with Crippen molar-refractivity contribution >= 4 is 15.9 Å². The van der Waals surface area contributed by atoms with Gasteiger partial charge in [0, 0.05) is 13.6 Å².